The molecule has 2 aromatic rings. The van der Waals surface area contributed by atoms with Gasteiger partial charge in [0.05, 0.1) is 5.41 Å². The number of rotatable bonds is 3. The molecule has 0 saturated carbocycles. The van der Waals surface area contributed by atoms with Crippen molar-refractivity contribution in [2.24, 2.45) is 0 Å². The number of hydrogen-bond donors (Lipinski definition) is 0. The average Bonchev–Trinajstić information content (AvgIpc) is 2.53. The van der Waals surface area contributed by atoms with E-state index in [1.54, 1.807) is 0 Å². The summed E-state index contributed by atoms with van der Waals surface area (Å²) in [4.78, 5) is 12.8. The molecular weight excluding hydrogens is 304 g/mol. The minimum absolute atomic E-state index is 0.201. The number of ketones is 1. The second-order valence-electron chi connectivity index (χ2n) is 6.24. The predicted molar refractivity (Wildman–Crippen MR) is 97.6 cm³/mol. The zero-order chi connectivity index (χ0) is 16.4. The van der Waals surface area contributed by atoms with Gasteiger partial charge in [0.15, 0.2) is 5.78 Å². The van der Waals surface area contributed by atoms with Crippen LogP contribution in [0, 0.1) is 0 Å². The molecule has 0 amide bonds. The van der Waals surface area contributed by atoms with E-state index in [-0.39, 0.29) is 5.78 Å². The van der Waals surface area contributed by atoms with E-state index in [1.165, 1.54) is 0 Å². The Balaban J connectivity index is 1.91. The molecule has 0 aromatic heterocycles. The summed E-state index contributed by atoms with van der Waals surface area (Å²) in [6.45, 7) is 3.93. The zero-order valence-electron chi connectivity index (χ0n) is 13.3. The van der Waals surface area contributed by atoms with Crippen LogP contribution in [-0.4, -0.2) is 5.78 Å². The van der Waals surface area contributed by atoms with Crippen LogP contribution in [-0.2, 0) is 10.2 Å². The molecular formula is C21H19ClO. The summed E-state index contributed by atoms with van der Waals surface area (Å²) in [6.07, 6.45) is 6.75. The maximum absolute atomic E-state index is 12.8. The predicted octanol–water partition coefficient (Wildman–Crippen LogP) is 5.69. The molecule has 0 aliphatic heterocycles. The van der Waals surface area contributed by atoms with Gasteiger partial charge in [-0.15, -0.1) is 0 Å². The largest absolute Gasteiger partial charge is 0.294 e. The molecule has 0 unspecified atom stereocenters. The van der Waals surface area contributed by atoms with Crippen LogP contribution in [0.25, 0.3) is 12.2 Å². The third kappa shape index (κ3) is 3.02. The fraction of sp³-hybridized carbons (Fsp3) is 0.190. The van der Waals surface area contributed by atoms with Crippen LogP contribution >= 0.6 is 11.6 Å². The van der Waals surface area contributed by atoms with E-state index >= 15 is 0 Å². The Bertz CT molecular complexity index is 816. The number of carbonyl (C=O) groups is 1. The van der Waals surface area contributed by atoms with Crippen LogP contribution in [0.1, 0.15) is 37.0 Å². The summed E-state index contributed by atoms with van der Waals surface area (Å²) >= 11 is 6.01. The first-order valence-electron chi connectivity index (χ1n) is 7.75. The molecule has 23 heavy (non-hydrogen) atoms. The highest BCUT2D eigenvalue weighted by atomic mass is 35.5. The monoisotopic (exact) mass is 322 g/mol. The molecule has 0 spiro atoms. The molecule has 0 N–H and O–H groups in total. The Morgan fingerprint density at radius 3 is 2.70 bits per heavy atom. The summed E-state index contributed by atoms with van der Waals surface area (Å²) in [6, 6.07) is 15.9. The van der Waals surface area contributed by atoms with Gasteiger partial charge in [-0.25, -0.2) is 0 Å². The fourth-order valence-corrected chi connectivity index (χ4v) is 3.42. The molecule has 0 fully saturated rings. The highest BCUT2D eigenvalue weighted by molar-refractivity contribution is 6.30. The SMILES string of the molecule is CC1=Cc2ccccc2[C@](C)(C/C=C/c2cccc(Cl)c2)C1=O. The van der Waals surface area contributed by atoms with Crippen molar-refractivity contribution in [2.75, 3.05) is 0 Å². The van der Waals surface area contributed by atoms with Crippen molar-refractivity contribution in [3.8, 4) is 0 Å². The molecule has 2 aromatic carbocycles. The Labute approximate surface area is 142 Å². The lowest BCUT2D eigenvalue weighted by molar-refractivity contribution is -0.120. The lowest BCUT2D eigenvalue weighted by Gasteiger charge is -2.33. The van der Waals surface area contributed by atoms with Gasteiger partial charge in [-0.2, -0.15) is 0 Å². The van der Waals surface area contributed by atoms with Crippen molar-refractivity contribution in [1.29, 1.82) is 0 Å². The highest BCUT2D eigenvalue weighted by Crippen LogP contribution is 2.39. The summed E-state index contributed by atoms with van der Waals surface area (Å²) in [5.41, 5.74) is 3.60. The van der Waals surface area contributed by atoms with Gasteiger partial charge in [0.25, 0.3) is 0 Å². The van der Waals surface area contributed by atoms with Crippen molar-refractivity contribution < 1.29 is 4.79 Å². The quantitative estimate of drug-likeness (QED) is 0.709. The lowest BCUT2D eigenvalue weighted by Crippen LogP contribution is -2.35. The van der Waals surface area contributed by atoms with Crippen LogP contribution in [0.3, 0.4) is 0 Å². The number of hydrogen-bond acceptors (Lipinski definition) is 1. The summed E-state index contributed by atoms with van der Waals surface area (Å²) < 4.78 is 0. The second kappa shape index (κ2) is 6.17. The van der Waals surface area contributed by atoms with E-state index in [9.17, 15) is 4.79 Å². The third-order valence-corrected chi connectivity index (χ3v) is 4.71. The maximum Gasteiger partial charge on any atom is 0.169 e. The topological polar surface area (TPSA) is 17.1 Å². The molecule has 0 heterocycles. The molecule has 0 saturated heterocycles. The van der Waals surface area contributed by atoms with Crippen molar-refractivity contribution in [1.82, 2.24) is 0 Å². The minimum atomic E-state index is -0.509. The van der Waals surface area contributed by atoms with Crippen LogP contribution < -0.4 is 0 Å². The van der Waals surface area contributed by atoms with Crippen LogP contribution in [0.2, 0.25) is 5.02 Å². The number of halogens is 1. The van der Waals surface area contributed by atoms with Gasteiger partial charge in [0.2, 0.25) is 0 Å². The van der Waals surface area contributed by atoms with Crippen molar-refractivity contribution >= 4 is 29.5 Å². The first-order chi connectivity index (χ1) is 11.0. The first-order valence-corrected chi connectivity index (χ1v) is 8.13. The summed E-state index contributed by atoms with van der Waals surface area (Å²) in [5.74, 6) is 0.201. The van der Waals surface area contributed by atoms with E-state index in [0.29, 0.717) is 6.42 Å². The van der Waals surface area contributed by atoms with E-state index in [4.69, 9.17) is 11.6 Å². The van der Waals surface area contributed by atoms with Gasteiger partial charge in [0.1, 0.15) is 0 Å². The Morgan fingerprint density at radius 2 is 1.91 bits per heavy atom. The maximum atomic E-state index is 12.8. The van der Waals surface area contributed by atoms with Gasteiger partial charge in [-0.3, -0.25) is 4.79 Å². The number of allylic oxidation sites excluding steroid dienone is 2. The molecule has 116 valence electrons. The first kappa shape index (κ1) is 15.8. The number of benzene rings is 2. The number of Topliss-reactive ketones (excluding diaryl/α,β-unsaturated/α-hetero) is 1. The van der Waals surface area contributed by atoms with Gasteiger partial charge < -0.3 is 0 Å². The Morgan fingerprint density at radius 1 is 1.13 bits per heavy atom. The molecule has 1 aliphatic rings. The number of fused-ring (bicyclic) bond motifs is 1. The minimum Gasteiger partial charge on any atom is -0.294 e. The van der Waals surface area contributed by atoms with E-state index < -0.39 is 5.41 Å². The molecule has 0 radical (unpaired) electrons. The van der Waals surface area contributed by atoms with Crippen LogP contribution in [0.5, 0.6) is 0 Å². The van der Waals surface area contributed by atoms with E-state index in [0.717, 1.165) is 27.3 Å². The average molecular weight is 323 g/mol. The lowest BCUT2D eigenvalue weighted by atomic mass is 9.69. The Kier molecular flexibility index (Phi) is 4.23. The van der Waals surface area contributed by atoms with Crippen molar-refractivity contribution in [3.05, 3.63) is 81.9 Å². The zero-order valence-corrected chi connectivity index (χ0v) is 14.1. The van der Waals surface area contributed by atoms with E-state index in [1.807, 2.05) is 62.4 Å². The fourth-order valence-electron chi connectivity index (χ4n) is 3.23. The smallest absolute Gasteiger partial charge is 0.169 e. The molecule has 0 bridgehead atoms. The normalized spacial score (nSPS) is 20.5. The van der Waals surface area contributed by atoms with Gasteiger partial charge in [-0.1, -0.05) is 60.2 Å². The van der Waals surface area contributed by atoms with Crippen LogP contribution in [0.15, 0.2) is 60.2 Å². The van der Waals surface area contributed by atoms with E-state index in [2.05, 4.69) is 18.2 Å². The Hall–Kier alpha value is -2.12. The van der Waals surface area contributed by atoms with Crippen molar-refractivity contribution in [3.63, 3.8) is 0 Å². The second-order valence-corrected chi connectivity index (χ2v) is 6.67. The number of carbonyl (C=O) groups excluding carboxylic acids is 1. The van der Waals surface area contributed by atoms with Gasteiger partial charge in [-0.05, 0) is 60.7 Å². The van der Waals surface area contributed by atoms with Gasteiger partial charge in [0, 0.05) is 5.02 Å². The standard InChI is InChI=1S/C21H19ClO/c1-15-13-17-9-3-4-11-19(17)21(2,20(15)23)12-6-8-16-7-5-10-18(22)14-16/h3-11,13-14H,12H2,1-2H3/b8-6+/t21-/m0/s1. The summed E-state index contributed by atoms with van der Waals surface area (Å²) in [5, 5.41) is 0.719. The van der Waals surface area contributed by atoms with Crippen molar-refractivity contribution in [2.45, 2.75) is 25.7 Å². The summed E-state index contributed by atoms with van der Waals surface area (Å²) in [7, 11) is 0. The van der Waals surface area contributed by atoms with Gasteiger partial charge >= 0.3 is 0 Å². The molecule has 1 aliphatic carbocycles. The highest BCUT2D eigenvalue weighted by Gasteiger charge is 2.38. The molecule has 1 atom stereocenters. The third-order valence-electron chi connectivity index (χ3n) is 4.47. The molecule has 2 heteroatoms. The molecule has 3 rings (SSSR count). The van der Waals surface area contributed by atoms with Crippen LogP contribution in [0.4, 0.5) is 0 Å². The molecule has 1 nitrogen and oxygen atoms in total.